The van der Waals surface area contributed by atoms with E-state index < -0.39 is 17.3 Å². The first kappa shape index (κ1) is 16.8. The largest absolute Gasteiger partial charge is 0.497 e. The van der Waals surface area contributed by atoms with Crippen LogP contribution in [0.4, 0.5) is 4.39 Å². The van der Waals surface area contributed by atoms with E-state index in [1.54, 1.807) is 7.11 Å². The Hall–Kier alpha value is -3.00. The molecule has 0 atom stereocenters. The second kappa shape index (κ2) is 6.86. The van der Waals surface area contributed by atoms with E-state index in [9.17, 15) is 9.18 Å². The quantitative estimate of drug-likeness (QED) is 0.750. The number of aromatic nitrogens is 4. The summed E-state index contributed by atoms with van der Waals surface area (Å²) in [6, 6.07) is 9.66. The highest BCUT2D eigenvalue weighted by Gasteiger charge is 2.18. The molecule has 0 spiro atoms. The minimum absolute atomic E-state index is 0.145. The molecule has 1 aromatic heterocycles. The number of halogens is 2. The maximum absolute atomic E-state index is 13.9. The molecule has 128 valence electrons. The summed E-state index contributed by atoms with van der Waals surface area (Å²) in [5.41, 5.74) is 0.583. The molecule has 1 heterocycles. The molecule has 0 amide bonds. The van der Waals surface area contributed by atoms with Crippen LogP contribution in [-0.4, -0.2) is 38.4 Å². The van der Waals surface area contributed by atoms with Crippen LogP contribution in [0.2, 0.25) is 5.02 Å². The van der Waals surface area contributed by atoms with Crippen molar-refractivity contribution in [3.63, 3.8) is 0 Å². The third-order valence-electron chi connectivity index (χ3n) is 3.45. The number of benzene rings is 2. The number of tetrazole rings is 1. The van der Waals surface area contributed by atoms with Crippen molar-refractivity contribution in [3.8, 4) is 17.1 Å². The number of rotatable bonds is 5. The molecule has 0 aliphatic rings. The number of ether oxygens (including phenoxy) is 1. The van der Waals surface area contributed by atoms with Crippen LogP contribution in [0.15, 0.2) is 36.4 Å². The fraction of sp³-hybridized carbons (Fsp3) is 0.125. The summed E-state index contributed by atoms with van der Waals surface area (Å²) in [5.74, 6) is -1.52. The van der Waals surface area contributed by atoms with Gasteiger partial charge < -0.3 is 9.84 Å². The number of carboxylic acids is 1. The van der Waals surface area contributed by atoms with Crippen LogP contribution >= 0.6 is 11.6 Å². The molecule has 0 fully saturated rings. The fourth-order valence-electron chi connectivity index (χ4n) is 2.23. The maximum Gasteiger partial charge on any atom is 0.340 e. The van der Waals surface area contributed by atoms with Gasteiger partial charge in [0.15, 0.2) is 0 Å². The average molecular weight is 363 g/mol. The summed E-state index contributed by atoms with van der Waals surface area (Å²) >= 11 is 5.83. The Labute approximate surface area is 146 Å². The summed E-state index contributed by atoms with van der Waals surface area (Å²) in [4.78, 5) is 12.3. The van der Waals surface area contributed by atoms with Gasteiger partial charge in [-0.15, -0.1) is 10.2 Å². The third-order valence-corrected chi connectivity index (χ3v) is 3.75. The molecule has 0 aliphatic carbocycles. The van der Waals surface area contributed by atoms with Crippen molar-refractivity contribution in [2.75, 3.05) is 7.11 Å². The zero-order valence-electron chi connectivity index (χ0n) is 13.0. The van der Waals surface area contributed by atoms with Crippen LogP contribution in [0.1, 0.15) is 15.9 Å². The van der Waals surface area contributed by atoms with Crippen LogP contribution in [0, 0.1) is 5.82 Å². The lowest BCUT2D eigenvalue weighted by atomic mass is 10.1. The predicted molar refractivity (Wildman–Crippen MR) is 87.3 cm³/mol. The Morgan fingerprint density at radius 2 is 2.04 bits per heavy atom. The lowest BCUT2D eigenvalue weighted by Gasteiger charge is -2.03. The van der Waals surface area contributed by atoms with E-state index in [0.717, 1.165) is 17.4 Å². The highest BCUT2D eigenvalue weighted by atomic mass is 35.5. The van der Waals surface area contributed by atoms with Gasteiger partial charge in [-0.05, 0) is 35.0 Å². The Bertz CT molecular complexity index is 904. The van der Waals surface area contributed by atoms with Gasteiger partial charge in [0.2, 0.25) is 5.82 Å². The van der Waals surface area contributed by atoms with Crippen molar-refractivity contribution in [1.82, 2.24) is 20.2 Å². The molecule has 1 N–H and O–H groups in total. The molecule has 0 bridgehead atoms. The number of methoxy groups -OCH3 is 1. The molecule has 0 radical (unpaired) electrons. The van der Waals surface area contributed by atoms with Crippen LogP contribution in [-0.2, 0) is 6.54 Å². The van der Waals surface area contributed by atoms with Gasteiger partial charge in [-0.25, -0.2) is 9.18 Å². The number of hydrogen-bond acceptors (Lipinski definition) is 5. The summed E-state index contributed by atoms with van der Waals surface area (Å²) in [6.07, 6.45) is 0. The predicted octanol–water partition coefficient (Wildman–Crippen LogP) is 2.89. The zero-order chi connectivity index (χ0) is 18.0. The van der Waals surface area contributed by atoms with E-state index in [0.29, 0.717) is 6.54 Å². The number of nitrogens with zero attached hydrogens (tertiary/aromatic N) is 4. The van der Waals surface area contributed by atoms with Gasteiger partial charge in [-0.2, -0.15) is 4.80 Å². The first-order chi connectivity index (χ1) is 12.0. The van der Waals surface area contributed by atoms with Gasteiger partial charge in [-0.3, -0.25) is 0 Å². The number of carbonyl (C=O) groups is 1. The van der Waals surface area contributed by atoms with E-state index in [1.165, 1.54) is 10.9 Å². The van der Waals surface area contributed by atoms with Crippen molar-refractivity contribution in [2.45, 2.75) is 6.54 Å². The van der Waals surface area contributed by atoms with Gasteiger partial charge in [0, 0.05) is 5.56 Å². The zero-order valence-corrected chi connectivity index (χ0v) is 13.7. The molecule has 0 unspecified atom stereocenters. The Morgan fingerprint density at radius 1 is 1.32 bits per heavy atom. The Kier molecular flexibility index (Phi) is 4.62. The molecule has 0 saturated carbocycles. The second-order valence-electron chi connectivity index (χ2n) is 5.11. The standard InChI is InChI=1S/C16H12ClFN4O3/c1-25-11-4-2-9(3-5-11)8-22-20-15(19-21-22)10-6-12(17)14(16(23)24)13(18)7-10/h2-7H,8H2,1H3,(H,23,24). The first-order valence-corrected chi connectivity index (χ1v) is 7.49. The van der Waals surface area contributed by atoms with Crippen LogP contribution in [0.5, 0.6) is 5.75 Å². The minimum atomic E-state index is -1.44. The third kappa shape index (κ3) is 3.58. The molecule has 3 rings (SSSR count). The van der Waals surface area contributed by atoms with Crippen LogP contribution in [0.3, 0.4) is 0 Å². The molecule has 2 aromatic carbocycles. The molecular formula is C16H12ClFN4O3. The van der Waals surface area contributed by atoms with Gasteiger partial charge >= 0.3 is 5.97 Å². The summed E-state index contributed by atoms with van der Waals surface area (Å²) in [6.45, 7) is 0.362. The van der Waals surface area contributed by atoms with E-state index in [-0.39, 0.29) is 16.4 Å². The molecule has 7 nitrogen and oxygen atoms in total. The van der Waals surface area contributed by atoms with Gasteiger partial charge in [0.05, 0.1) is 18.7 Å². The topological polar surface area (TPSA) is 90.1 Å². The molecule has 9 heteroatoms. The van der Waals surface area contributed by atoms with Crippen LogP contribution < -0.4 is 4.74 Å². The highest BCUT2D eigenvalue weighted by Crippen LogP contribution is 2.26. The van der Waals surface area contributed by atoms with Gasteiger partial charge in [0.25, 0.3) is 0 Å². The average Bonchev–Trinajstić information content (AvgIpc) is 3.03. The molecule has 25 heavy (non-hydrogen) atoms. The molecular weight excluding hydrogens is 351 g/mol. The lowest BCUT2D eigenvalue weighted by Crippen LogP contribution is -2.04. The van der Waals surface area contributed by atoms with E-state index in [4.69, 9.17) is 21.4 Å². The number of carboxylic acid groups (broad SMARTS) is 1. The second-order valence-corrected chi connectivity index (χ2v) is 5.52. The number of aromatic carboxylic acids is 1. The SMILES string of the molecule is COc1ccc(Cn2nnc(-c3cc(F)c(C(=O)O)c(Cl)c3)n2)cc1. The number of hydrogen-bond donors (Lipinski definition) is 1. The van der Waals surface area contributed by atoms with Crippen molar-refractivity contribution < 1.29 is 19.0 Å². The van der Waals surface area contributed by atoms with Crippen LogP contribution in [0.25, 0.3) is 11.4 Å². The summed E-state index contributed by atoms with van der Waals surface area (Å²) < 4.78 is 19.0. The normalized spacial score (nSPS) is 10.7. The Balaban J connectivity index is 1.84. The Morgan fingerprint density at radius 3 is 2.64 bits per heavy atom. The van der Waals surface area contributed by atoms with Crippen molar-refractivity contribution in [2.24, 2.45) is 0 Å². The smallest absolute Gasteiger partial charge is 0.340 e. The molecule has 0 aliphatic heterocycles. The summed E-state index contributed by atoms with van der Waals surface area (Å²) in [5, 5.41) is 20.6. The molecule has 0 saturated heterocycles. The van der Waals surface area contributed by atoms with E-state index in [2.05, 4.69) is 15.4 Å². The lowest BCUT2D eigenvalue weighted by molar-refractivity contribution is 0.0692. The van der Waals surface area contributed by atoms with Gasteiger partial charge in [-0.1, -0.05) is 23.7 Å². The van der Waals surface area contributed by atoms with Crippen molar-refractivity contribution >= 4 is 17.6 Å². The minimum Gasteiger partial charge on any atom is -0.497 e. The summed E-state index contributed by atoms with van der Waals surface area (Å²) in [7, 11) is 1.58. The van der Waals surface area contributed by atoms with Gasteiger partial charge in [0.1, 0.15) is 17.1 Å². The van der Waals surface area contributed by atoms with E-state index in [1.807, 2.05) is 24.3 Å². The molecule has 3 aromatic rings. The first-order valence-electron chi connectivity index (χ1n) is 7.11. The van der Waals surface area contributed by atoms with E-state index >= 15 is 0 Å². The van der Waals surface area contributed by atoms with Crippen molar-refractivity contribution in [3.05, 3.63) is 58.4 Å². The maximum atomic E-state index is 13.9. The fourth-order valence-corrected chi connectivity index (χ4v) is 2.52. The monoisotopic (exact) mass is 362 g/mol. The van der Waals surface area contributed by atoms with Crippen molar-refractivity contribution in [1.29, 1.82) is 0 Å². The highest BCUT2D eigenvalue weighted by molar-refractivity contribution is 6.33.